The molecule has 0 saturated heterocycles. The lowest BCUT2D eigenvalue weighted by Gasteiger charge is -2.22. The third kappa shape index (κ3) is 2.14. The van der Waals surface area contributed by atoms with Crippen molar-refractivity contribution in [2.45, 2.75) is 44.0 Å². The first-order valence-corrected chi connectivity index (χ1v) is 8.28. The minimum Gasteiger partial charge on any atom is -0.323 e. The van der Waals surface area contributed by atoms with Crippen LogP contribution < -0.4 is 0 Å². The van der Waals surface area contributed by atoms with Crippen LogP contribution >= 0.6 is 23.2 Å². The zero-order valence-electron chi connectivity index (χ0n) is 11.5. The Morgan fingerprint density at radius 2 is 1.85 bits per heavy atom. The first-order valence-electron chi connectivity index (χ1n) is 7.46. The van der Waals surface area contributed by atoms with Crippen molar-refractivity contribution in [3.8, 4) is 0 Å². The smallest absolute Gasteiger partial charge is 0.127 e. The summed E-state index contributed by atoms with van der Waals surface area (Å²) in [6.45, 7) is 2.01. The number of nitrogens with zero attached hydrogens (tertiary/aromatic N) is 2. The molecule has 0 radical (unpaired) electrons. The van der Waals surface area contributed by atoms with Crippen molar-refractivity contribution in [3.05, 3.63) is 29.0 Å². The molecule has 20 heavy (non-hydrogen) atoms. The van der Waals surface area contributed by atoms with E-state index in [4.69, 9.17) is 28.2 Å². The van der Waals surface area contributed by atoms with Gasteiger partial charge in [0.2, 0.25) is 0 Å². The van der Waals surface area contributed by atoms with E-state index >= 15 is 0 Å². The molecule has 0 N–H and O–H groups in total. The number of hydrogen-bond acceptors (Lipinski definition) is 1. The maximum Gasteiger partial charge on any atom is 0.127 e. The number of hydrogen-bond donors (Lipinski definition) is 0. The molecule has 4 rings (SSSR count). The highest BCUT2D eigenvalue weighted by Gasteiger charge is 2.44. The number of imidazole rings is 1. The first kappa shape index (κ1) is 13.0. The Balaban J connectivity index is 1.93. The molecule has 0 amide bonds. The maximum absolute atomic E-state index is 6.40. The second-order valence-corrected chi connectivity index (χ2v) is 7.35. The second kappa shape index (κ2) is 4.64. The summed E-state index contributed by atoms with van der Waals surface area (Å²) < 4.78 is 2.41. The lowest BCUT2D eigenvalue weighted by atomic mass is 10.1. The van der Waals surface area contributed by atoms with Gasteiger partial charge in [-0.3, -0.25) is 0 Å². The van der Waals surface area contributed by atoms with Gasteiger partial charge in [0, 0.05) is 11.1 Å². The molecule has 0 spiro atoms. The van der Waals surface area contributed by atoms with E-state index in [1.807, 2.05) is 25.1 Å². The minimum absolute atomic E-state index is 0.0684. The van der Waals surface area contributed by atoms with Crippen LogP contribution in [0.15, 0.2) is 18.2 Å². The van der Waals surface area contributed by atoms with Gasteiger partial charge < -0.3 is 4.57 Å². The largest absolute Gasteiger partial charge is 0.323 e. The Bertz CT molecular complexity index is 642. The van der Waals surface area contributed by atoms with Crippen LogP contribution in [0.3, 0.4) is 0 Å². The van der Waals surface area contributed by atoms with Crippen LogP contribution in [-0.4, -0.2) is 9.55 Å². The molecular formula is C16H18Cl2N2. The van der Waals surface area contributed by atoms with Crippen molar-refractivity contribution in [2.75, 3.05) is 0 Å². The van der Waals surface area contributed by atoms with Gasteiger partial charge >= 0.3 is 0 Å². The fourth-order valence-corrected chi connectivity index (χ4v) is 3.68. The van der Waals surface area contributed by atoms with Crippen molar-refractivity contribution in [1.29, 1.82) is 0 Å². The zero-order valence-corrected chi connectivity index (χ0v) is 13.0. The van der Waals surface area contributed by atoms with Crippen LogP contribution in [0.5, 0.6) is 0 Å². The number of halogens is 2. The number of aromatic nitrogens is 2. The van der Waals surface area contributed by atoms with E-state index in [1.54, 1.807) is 0 Å². The quantitative estimate of drug-likeness (QED) is 0.696. The molecule has 1 atom stereocenters. The van der Waals surface area contributed by atoms with Crippen molar-refractivity contribution in [3.63, 3.8) is 0 Å². The van der Waals surface area contributed by atoms with Gasteiger partial charge in [-0.2, -0.15) is 0 Å². The summed E-state index contributed by atoms with van der Waals surface area (Å²) in [6, 6.07) is 6.54. The summed E-state index contributed by atoms with van der Waals surface area (Å²) in [6.07, 6.45) is 5.38. The van der Waals surface area contributed by atoms with Crippen LogP contribution in [-0.2, 0) is 0 Å². The van der Waals surface area contributed by atoms with Gasteiger partial charge in [0.1, 0.15) is 5.82 Å². The molecule has 106 valence electrons. The molecule has 2 aliphatic rings. The average Bonchev–Trinajstić information content (AvgIpc) is 3.29. The van der Waals surface area contributed by atoms with E-state index in [0.717, 1.165) is 33.7 Å². The fraction of sp³-hybridized carbons (Fsp3) is 0.562. The predicted octanol–water partition coefficient (Wildman–Crippen LogP) is 5.35. The van der Waals surface area contributed by atoms with E-state index in [1.165, 1.54) is 25.7 Å². The highest BCUT2D eigenvalue weighted by atomic mass is 35.5. The fourth-order valence-electron chi connectivity index (χ4n) is 3.36. The van der Waals surface area contributed by atoms with E-state index in [9.17, 15) is 0 Å². The lowest BCUT2D eigenvalue weighted by molar-refractivity contribution is 0.392. The maximum atomic E-state index is 6.40. The third-order valence-corrected chi connectivity index (χ3v) is 4.97. The molecule has 1 aromatic heterocycles. The Morgan fingerprint density at radius 1 is 1.20 bits per heavy atom. The Hall–Kier alpha value is -0.730. The zero-order chi connectivity index (χ0) is 13.9. The van der Waals surface area contributed by atoms with Crippen molar-refractivity contribution < 1.29 is 0 Å². The summed E-state index contributed by atoms with van der Waals surface area (Å²) in [5.41, 5.74) is 2.17. The summed E-state index contributed by atoms with van der Waals surface area (Å²) in [4.78, 5) is 4.77. The highest BCUT2D eigenvalue weighted by Crippen LogP contribution is 2.53. The van der Waals surface area contributed by atoms with Gasteiger partial charge in [0.15, 0.2) is 0 Å². The number of fused-ring (bicyclic) bond motifs is 1. The molecule has 2 saturated carbocycles. The van der Waals surface area contributed by atoms with Gasteiger partial charge in [-0.05, 0) is 62.6 Å². The average molecular weight is 309 g/mol. The summed E-state index contributed by atoms with van der Waals surface area (Å²) in [5.74, 6) is 2.63. The van der Waals surface area contributed by atoms with E-state index in [-0.39, 0.29) is 5.38 Å². The molecule has 2 aromatic rings. The van der Waals surface area contributed by atoms with Crippen molar-refractivity contribution in [2.24, 2.45) is 11.8 Å². The lowest BCUT2D eigenvalue weighted by Crippen LogP contribution is -2.16. The number of rotatable bonds is 4. The van der Waals surface area contributed by atoms with E-state index in [0.29, 0.717) is 6.04 Å². The molecule has 4 heteroatoms. The normalized spacial score (nSPS) is 20.8. The van der Waals surface area contributed by atoms with Crippen molar-refractivity contribution in [1.82, 2.24) is 9.55 Å². The van der Waals surface area contributed by atoms with E-state index in [2.05, 4.69) is 4.57 Å². The number of alkyl halides is 1. The summed E-state index contributed by atoms with van der Waals surface area (Å²) in [5, 5.41) is 0.707. The van der Waals surface area contributed by atoms with Crippen molar-refractivity contribution >= 4 is 34.2 Å². The minimum atomic E-state index is -0.0684. The molecule has 0 aliphatic heterocycles. The van der Waals surface area contributed by atoms with Gasteiger partial charge in [-0.25, -0.2) is 4.98 Å². The summed E-state index contributed by atoms with van der Waals surface area (Å²) in [7, 11) is 0. The molecule has 1 aromatic carbocycles. The monoisotopic (exact) mass is 308 g/mol. The Kier molecular flexibility index (Phi) is 3.01. The van der Waals surface area contributed by atoms with Crippen LogP contribution in [0, 0.1) is 11.8 Å². The highest BCUT2D eigenvalue weighted by molar-refractivity contribution is 6.31. The molecular weight excluding hydrogens is 291 g/mol. The third-order valence-electron chi connectivity index (χ3n) is 4.54. The van der Waals surface area contributed by atoms with Gasteiger partial charge in [0.05, 0.1) is 16.4 Å². The molecule has 2 nitrogen and oxygen atoms in total. The Labute approximate surface area is 129 Å². The predicted molar refractivity (Wildman–Crippen MR) is 83.5 cm³/mol. The van der Waals surface area contributed by atoms with E-state index < -0.39 is 0 Å². The van der Waals surface area contributed by atoms with Gasteiger partial charge in [-0.1, -0.05) is 11.6 Å². The standard InChI is InChI=1S/C16H18Cl2N2/c1-9(17)16-19-13-7-6-12(18)8-14(13)20(16)15(10-2-3-10)11-4-5-11/h6-11,15H,2-5H2,1H3. The van der Waals surface area contributed by atoms with Crippen LogP contribution in [0.2, 0.25) is 5.02 Å². The Morgan fingerprint density at radius 3 is 2.40 bits per heavy atom. The first-order chi connectivity index (χ1) is 9.65. The molecule has 1 heterocycles. The van der Waals surface area contributed by atoms with Crippen LogP contribution in [0.4, 0.5) is 0 Å². The topological polar surface area (TPSA) is 17.8 Å². The molecule has 2 aliphatic carbocycles. The molecule has 1 unspecified atom stereocenters. The SMILES string of the molecule is CC(Cl)c1nc2ccc(Cl)cc2n1C(C1CC1)C1CC1. The van der Waals surface area contributed by atoms with Gasteiger partial charge in [-0.15, -0.1) is 11.6 Å². The van der Waals surface area contributed by atoms with Gasteiger partial charge in [0.25, 0.3) is 0 Å². The molecule has 2 fully saturated rings. The van der Waals surface area contributed by atoms with Crippen LogP contribution in [0.25, 0.3) is 11.0 Å². The van der Waals surface area contributed by atoms with Crippen LogP contribution in [0.1, 0.15) is 49.9 Å². The molecule has 0 bridgehead atoms. The second-order valence-electron chi connectivity index (χ2n) is 6.25. The number of benzene rings is 1. The summed E-state index contributed by atoms with van der Waals surface area (Å²) >= 11 is 12.6.